The summed E-state index contributed by atoms with van der Waals surface area (Å²) in [6.45, 7) is -0.316. The molecule has 0 aliphatic rings. The summed E-state index contributed by atoms with van der Waals surface area (Å²) in [6.07, 6.45) is 1.41. The third-order valence-electron chi connectivity index (χ3n) is 5.58. The number of nitro groups is 1. The van der Waals surface area contributed by atoms with Crippen LogP contribution >= 0.6 is 11.6 Å². The van der Waals surface area contributed by atoms with Gasteiger partial charge in [-0.05, 0) is 71.8 Å². The van der Waals surface area contributed by atoms with Crippen molar-refractivity contribution in [3.8, 4) is 5.75 Å². The van der Waals surface area contributed by atoms with Crippen LogP contribution in [0.15, 0.2) is 113 Å². The third-order valence-corrected chi connectivity index (χ3v) is 7.67. The molecule has 0 saturated heterocycles. The van der Waals surface area contributed by atoms with Gasteiger partial charge in [0.1, 0.15) is 18.9 Å². The fraction of sp³-hybridized carbons (Fsp3) is 0.0714. The molecule has 10 nitrogen and oxygen atoms in total. The lowest BCUT2D eigenvalue weighted by Gasteiger charge is -2.24. The number of carbonyl (C=O) groups is 1. The van der Waals surface area contributed by atoms with E-state index in [0.29, 0.717) is 11.3 Å². The SMILES string of the molecule is O=C(CN(c1ccccc1Cl)S(=O)(=O)c1ccccc1)N/N=C\c1ccc(OCc2ccc([N+](=O)[O-])cc2)cc1. The minimum absolute atomic E-state index is 0.00821. The van der Waals surface area contributed by atoms with Crippen molar-refractivity contribution >= 4 is 45.1 Å². The highest BCUT2D eigenvalue weighted by Crippen LogP contribution is 2.30. The van der Waals surface area contributed by atoms with Crippen LogP contribution in [-0.2, 0) is 21.4 Å². The number of para-hydroxylation sites is 1. The van der Waals surface area contributed by atoms with Gasteiger partial charge in [0.05, 0.1) is 26.7 Å². The number of rotatable bonds is 11. The molecule has 0 aliphatic carbocycles. The Balaban J connectivity index is 1.37. The molecule has 4 aromatic carbocycles. The van der Waals surface area contributed by atoms with Crippen LogP contribution in [0.4, 0.5) is 11.4 Å². The van der Waals surface area contributed by atoms with Crippen LogP contribution in [0, 0.1) is 10.1 Å². The summed E-state index contributed by atoms with van der Waals surface area (Å²) >= 11 is 6.27. The monoisotopic (exact) mass is 578 g/mol. The minimum atomic E-state index is -4.09. The zero-order valence-electron chi connectivity index (χ0n) is 20.9. The molecule has 40 heavy (non-hydrogen) atoms. The molecule has 0 aromatic heterocycles. The summed E-state index contributed by atoms with van der Waals surface area (Å²) in [4.78, 5) is 23.0. The van der Waals surface area contributed by atoms with Gasteiger partial charge in [-0.3, -0.25) is 19.2 Å². The summed E-state index contributed by atoms with van der Waals surface area (Å²) in [5.41, 5.74) is 3.95. The number of nitrogens with one attached hydrogen (secondary N) is 1. The predicted octanol–water partition coefficient (Wildman–Crippen LogP) is 5.17. The molecule has 4 aromatic rings. The average molecular weight is 579 g/mol. The van der Waals surface area contributed by atoms with E-state index < -0.39 is 27.4 Å². The lowest BCUT2D eigenvalue weighted by Crippen LogP contribution is -2.39. The van der Waals surface area contributed by atoms with Crippen LogP contribution in [0.25, 0.3) is 0 Å². The van der Waals surface area contributed by atoms with E-state index in [-0.39, 0.29) is 27.9 Å². The van der Waals surface area contributed by atoms with E-state index in [0.717, 1.165) is 9.87 Å². The standard InChI is InChI=1S/C28H23ClN4O6S/c29-26-8-4-5-9-27(26)32(40(37,38)25-6-2-1-3-7-25)19-28(34)31-30-18-21-12-16-24(17-13-21)39-20-22-10-14-23(15-11-22)33(35)36/h1-18H,19-20H2,(H,31,34)/b30-18-. The summed E-state index contributed by atoms with van der Waals surface area (Å²) < 4.78 is 33.3. The molecule has 1 N–H and O–H groups in total. The molecule has 0 unspecified atom stereocenters. The molecule has 0 spiro atoms. The first-order valence-corrected chi connectivity index (χ1v) is 13.7. The maximum absolute atomic E-state index is 13.3. The van der Waals surface area contributed by atoms with Crippen molar-refractivity contribution in [1.29, 1.82) is 0 Å². The van der Waals surface area contributed by atoms with Gasteiger partial charge in [-0.15, -0.1) is 0 Å². The summed E-state index contributed by atoms with van der Waals surface area (Å²) in [6, 6.07) is 27.0. The number of hydrogen-bond acceptors (Lipinski definition) is 7. The number of hydrazone groups is 1. The van der Waals surface area contributed by atoms with E-state index >= 15 is 0 Å². The molecule has 0 atom stereocenters. The average Bonchev–Trinajstić information content (AvgIpc) is 2.96. The number of carbonyl (C=O) groups excluding carboxylic acids is 1. The molecule has 0 fully saturated rings. The number of nitrogens with zero attached hydrogens (tertiary/aromatic N) is 3. The van der Waals surface area contributed by atoms with Crippen molar-refractivity contribution in [2.75, 3.05) is 10.8 Å². The van der Waals surface area contributed by atoms with Crippen LogP contribution in [0.3, 0.4) is 0 Å². The fourth-order valence-corrected chi connectivity index (χ4v) is 5.30. The predicted molar refractivity (Wildman–Crippen MR) is 152 cm³/mol. The van der Waals surface area contributed by atoms with Crippen molar-refractivity contribution in [2.45, 2.75) is 11.5 Å². The Morgan fingerprint density at radius 2 is 1.60 bits per heavy atom. The number of hydrogen-bond donors (Lipinski definition) is 1. The first-order valence-electron chi connectivity index (χ1n) is 11.8. The van der Waals surface area contributed by atoms with E-state index in [1.54, 1.807) is 72.8 Å². The zero-order valence-corrected chi connectivity index (χ0v) is 22.5. The van der Waals surface area contributed by atoms with Gasteiger partial charge >= 0.3 is 0 Å². The minimum Gasteiger partial charge on any atom is -0.489 e. The molecule has 0 bridgehead atoms. The molecule has 12 heteroatoms. The highest BCUT2D eigenvalue weighted by atomic mass is 35.5. The number of anilines is 1. The first kappa shape index (κ1) is 28.3. The van der Waals surface area contributed by atoms with Gasteiger partial charge in [0.15, 0.2) is 0 Å². The Morgan fingerprint density at radius 1 is 0.950 bits per heavy atom. The van der Waals surface area contributed by atoms with E-state index in [1.165, 1.54) is 36.5 Å². The van der Waals surface area contributed by atoms with Crippen LogP contribution < -0.4 is 14.5 Å². The maximum atomic E-state index is 13.3. The van der Waals surface area contributed by atoms with E-state index in [1.807, 2.05) is 0 Å². The Bertz CT molecular complexity index is 1610. The van der Waals surface area contributed by atoms with Gasteiger partial charge in [-0.1, -0.05) is 41.9 Å². The van der Waals surface area contributed by atoms with Crippen LogP contribution in [0.5, 0.6) is 5.75 Å². The van der Waals surface area contributed by atoms with Crippen LogP contribution in [-0.4, -0.2) is 32.0 Å². The smallest absolute Gasteiger partial charge is 0.269 e. The number of sulfonamides is 1. The Kier molecular flexibility index (Phi) is 9.10. The largest absolute Gasteiger partial charge is 0.489 e. The lowest BCUT2D eigenvalue weighted by molar-refractivity contribution is -0.384. The Hall–Kier alpha value is -4.74. The van der Waals surface area contributed by atoms with Crippen LogP contribution in [0.2, 0.25) is 5.02 Å². The zero-order chi connectivity index (χ0) is 28.5. The molecule has 1 amide bonds. The van der Waals surface area contributed by atoms with Crippen molar-refractivity contribution in [3.63, 3.8) is 0 Å². The molecular formula is C28H23ClN4O6S. The molecule has 204 valence electrons. The van der Waals surface area contributed by atoms with Crippen molar-refractivity contribution < 1.29 is 22.9 Å². The highest BCUT2D eigenvalue weighted by molar-refractivity contribution is 7.92. The van der Waals surface area contributed by atoms with Gasteiger partial charge in [-0.25, -0.2) is 13.8 Å². The van der Waals surface area contributed by atoms with E-state index in [9.17, 15) is 23.3 Å². The summed E-state index contributed by atoms with van der Waals surface area (Å²) in [5.74, 6) is -0.0974. The molecule has 0 heterocycles. The summed E-state index contributed by atoms with van der Waals surface area (Å²) in [5, 5.41) is 14.9. The topological polar surface area (TPSA) is 131 Å². The molecule has 4 rings (SSSR count). The number of ether oxygens (including phenoxy) is 1. The van der Waals surface area contributed by atoms with Crippen molar-refractivity contribution in [3.05, 3.63) is 129 Å². The number of non-ortho nitro benzene ring substituents is 1. The molecule has 0 saturated carbocycles. The molecular weight excluding hydrogens is 556 g/mol. The highest BCUT2D eigenvalue weighted by Gasteiger charge is 2.28. The maximum Gasteiger partial charge on any atom is 0.269 e. The van der Waals surface area contributed by atoms with Crippen molar-refractivity contribution in [2.24, 2.45) is 5.10 Å². The van der Waals surface area contributed by atoms with E-state index in [4.69, 9.17) is 16.3 Å². The number of halogens is 1. The van der Waals surface area contributed by atoms with Gasteiger partial charge in [0, 0.05) is 12.1 Å². The molecule has 0 aliphatic heterocycles. The number of nitro benzene ring substituents is 1. The summed E-state index contributed by atoms with van der Waals surface area (Å²) in [7, 11) is -4.09. The van der Waals surface area contributed by atoms with Gasteiger partial charge in [0.25, 0.3) is 21.6 Å². The second-order valence-electron chi connectivity index (χ2n) is 8.35. The normalized spacial score (nSPS) is 11.2. The lowest BCUT2D eigenvalue weighted by atomic mass is 10.2. The first-order chi connectivity index (χ1) is 19.2. The number of amides is 1. The Labute approximate surface area is 235 Å². The molecule has 0 radical (unpaired) electrons. The fourth-order valence-electron chi connectivity index (χ4n) is 3.55. The second kappa shape index (κ2) is 12.9. The Morgan fingerprint density at radius 3 is 2.25 bits per heavy atom. The quantitative estimate of drug-likeness (QED) is 0.148. The van der Waals surface area contributed by atoms with Crippen molar-refractivity contribution in [1.82, 2.24) is 5.43 Å². The number of benzene rings is 4. The third kappa shape index (κ3) is 7.22. The van der Waals surface area contributed by atoms with E-state index in [2.05, 4.69) is 10.5 Å². The van der Waals surface area contributed by atoms with Gasteiger partial charge in [-0.2, -0.15) is 5.10 Å². The second-order valence-corrected chi connectivity index (χ2v) is 10.6. The van der Waals surface area contributed by atoms with Crippen LogP contribution in [0.1, 0.15) is 11.1 Å². The van der Waals surface area contributed by atoms with Gasteiger partial charge < -0.3 is 4.74 Å². The van der Waals surface area contributed by atoms with Gasteiger partial charge in [0.2, 0.25) is 0 Å².